The van der Waals surface area contributed by atoms with Gasteiger partial charge < -0.3 is 15.4 Å². The van der Waals surface area contributed by atoms with Crippen LogP contribution >= 0.6 is 0 Å². The van der Waals surface area contributed by atoms with Crippen molar-refractivity contribution in [1.29, 1.82) is 0 Å². The van der Waals surface area contributed by atoms with Crippen molar-refractivity contribution in [3.63, 3.8) is 0 Å². The molecule has 0 aromatic carbocycles. The molecule has 0 spiro atoms. The van der Waals surface area contributed by atoms with E-state index in [-0.39, 0.29) is 23.8 Å². The summed E-state index contributed by atoms with van der Waals surface area (Å²) in [5.41, 5.74) is 0. The second-order valence-electron chi connectivity index (χ2n) is 4.96. The van der Waals surface area contributed by atoms with Crippen LogP contribution in [0.25, 0.3) is 0 Å². The van der Waals surface area contributed by atoms with E-state index in [2.05, 4.69) is 10.6 Å². The molecule has 0 aromatic rings. The number of hydrogen-bond acceptors (Lipinski definition) is 3. The smallest absolute Gasteiger partial charge is 0.224 e. The number of ether oxygens (including phenoxy) is 1. The van der Waals surface area contributed by atoms with E-state index in [1.807, 2.05) is 13.8 Å². The van der Waals surface area contributed by atoms with E-state index in [1.165, 1.54) is 0 Å². The van der Waals surface area contributed by atoms with Crippen LogP contribution in [0.15, 0.2) is 0 Å². The van der Waals surface area contributed by atoms with Crippen LogP contribution < -0.4 is 10.6 Å². The summed E-state index contributed by atoms with van der Waals surface area (Å²) in [7, 11) is 0. The number of carbonyl (C=O) groups is 2. The Labute approximate surface area is 109 Å². The molecule has 0 bridgehead atoms. The van der Waals surface area contributed by atoms with Crippen molar-refractivity contribution in [2.45, 2.75) is 45.6 Å². The molecule has 5 heteroatoms. The molecule has 104 valence electrons. The van der Waals surface area contributed by atoms with Gasteiger partial charge in [-0.05, 0) is 33.1 Å². The summed E-state index contributed by atoms with van der Waals surface area (Å²) in [6, 6.07) is 0. The maximum atomic E-state index is 11.8. The molecule has 2 amide bonds. The van der Waals surface area contributed by atoms with Crippen LogP contribution in [-0.2, 0) is 14.3 Å². The minimum Gasteiger partial charge on any atom is -0.379 e. The van der Waals surface area contributed by atoms with E-state index in [0.29, 0.717) is 25.9 Å². The van der Waals surface area contributed by atoms with Crippen LogP contribution in [0.2, 0.25) is 0 Å². The first kappa shape index (κ1) is 15.0. The van der Waals surface area contributed by atoms with Gasteiger partial charge in [0.15, 0.2) is 0 Å². The molecule has 0 saturated carbocycles. The monoisotopic (exact) mass is 256 g/mol. The van der Waals surface area contributed by atoms with Crippen LogP contribution in [0.4, 0.5) is 0 Å². The van der Waals surface area contributed by atoms with Crippen molar-refractivity contribution < 1.29 is 14.3 Å². The molecule has 1 rings (SSSR count). The Morgan fingerprint density at radius 2 is 2.28 bits per heavy atom. The van der Waals surface area contributed by atoms with Gasteiger partial charge in [-0.1, -0.05) is 0 Å². The highest BCUT2D eigenvalue weighted by Crippen LogP contribution is 2.10. The van der Waals surface area contributed by atoms with Gasteiger partial charge in [0, 0.05) is 26.1 Å². The lowest BCUT2D eigenvalue weighted by Crippen LogP contribution is -2.43. The standard InChI is InChI=1S/C13H24N2O3/c1-10(2)18-8-4-3-7-14-13(17)11-5-6-12(16)15-9-11/h10-11H,3-9H2,1-2H3,(H,14,17)(H,15,16). The highest BCUT2D eigenvalue weighted by Gasteiger charge is 2.23. The summed E-state index contributed by atoms with van der Waals surface area (Å²) >= 11 is 0. The van der Waals surface area contributed by atoms with Gasteiger partial charge in [-0.25, -0.2) is 0 Å². The van der Waals surface area contributed by atoms with Crippen LogP contribution in [-0.4, -0.2) is 37.6 Å². The van der Waals surface area contributed by atoms with Gasteiger partial charge in [0.05, 0.1) is 12.0 Å². The zero-order valence-electron chi connectivity index (χ0n) is 11.3. The molecule has 1 unspecified atom stereocenters. The topological polar surface area (TPSA) is 67.4 Å². The Hall–Kier alpha value is -1.10. The predicted octanol–water partition coefficient (Wildman–Crippen LogP) is 0.834. The Bertz CT molecular complexity index is 269. The van der Waals surface area contributed by atoms with Gasteiger partial charge in [0.1, 0.15) is 0 Å². The molecular formula is C13H24N2O3. The Morgan fingerprint density at radius 3 is 2.89 bits per heavy atom. The van der Waals surface area contributed by atoms with Crippen LogP contribution in [0, 0.1) is 5.92 Å². The number of nitrogens with one attached hydrogen (secondary N) is 2. The Balaban J connectivity index is 2.01. The van der Waals surface area contributed by atoms with Crippen LogP contribution in [0.5, 0.6) is 0 Å². The van der Waals surface area contributed by atoms with Crippen LogP contribution in [0.3, 0.4) is 0 Å². The van der Waals surface area contributed by atoms with Gasteiger partial charge >= 0.3 is 0 Å². The van der Waals surface area contributed by atoms with Crippen molar-refractivity contribution >= 4 is 11.8 Å². The summed E-state index contributed by atoms with van der Waals surface area (Å²) in [4.78, 5) is 22.7. The maximum Gasteiger partial charge on any atom is 0.224 e. The number of hydrogen-bond donors (Lipinski definition) is 2. The third kappa shape index (κ3) is 6.00. The summed E-state index contributed by atoms with van der Waals surface area (Å²) in [5.74, 6) is 0.0410. The molecule has 0 radical (unpaired) electrons. The molecule has 18 heavy (non-hydrogen) atoms. The van der Waals surface area contributed by atoms with Crippen molar-refractivity contribution in [1.82, 2.24) is 10.6 Å². The molecule has 1 atom stereocenters. The summed E-state index contributed by atoms with van der Waals surface area (Å²) in [6.07, 6.45) is 3.27. The van der Waals surface area contributed by atoms with Crippen molar-refractivity contribution in [2.24, 2.45) is 5.92 Å². The Kier molecular flexibility index (Phi) is 6.72. The molecule has 1 heterocycles. The third-order valence-electron chi connectivity index (χ3n) is 2.96. The minimum atomic E-state index is -0.0605. The van der Waals surface area contributed by atoms with E-state index >= 15 is 0 Å². The number of amides is 2. The van der Waals surface area contributed by atoms with E-state index < -0.39 is 0 Å². The lowest BCUT2D eigenvalue weighted by Gasteiger charge is -2.21. The second-order valence-corrected chi connectivity index (χ2v) is 4.96. The zero-order valence-corrected chi connectivity index (χ0v) is 11.3. The molecule has 1 aliphatic heterocycles. The number of piperidine rings is 1. The van der Waals surface area contributed by atoms with Crippen molar-refractivity contribution in [2.75, 3.05) is 19.7 Å². The summed E-state index contributed by atoms with van der Waals surface area (Å²) < 4.78 is 5.42. The highest BCUT2D eigenvalue weighted by molar-refractivity contribution is 5.83. The molecule has 1 saturated heterocycles. The average Bonchev–Trinajstić information content (AvgIpc) is 2.34. The second kappa shape index (κ2) is 8.08. The third-order valence-corrected chi connectivity index (χ3v) is 2.96. The van der Waals surface area contributed by atoms with Crippen molar-refractivity contribution in [3.8, 4) is 0 Å². The fourth-order valence-electron chi connectivity index (χ4n) is 1.86. The lowest BCUT2D eigenvalue weighted by atomic mass is 9.98. The summed E-state index contributed by atoms with van der Waals surface area (Å²) in [5, 5.41) is 5.63. The molecule has 5 nitrogen and oxygen atoms in total. The van der Waals surface area contributed by atoms with Crippen molar-refractivity contribution in [3.05, 3.63) is 0 Å². The van der Waals surface area contributed by atoms with Gasteiger partial charge in [-0.15, -0.1) is 0 Å². The van der Waals surface area contributed by atoms with Crippen LogP contribution in [0.1, 0.15) is 39.5 Å². The average molecular weight is 256 g/mol. The van der Waals surface area contributed by atoms with E-state index in [9.17, 15) is 9.59 Å². The fourth-order valence-corrected chi connectivity index (χ4v) is 1.86. The molecule has 1 aliphatic rings. The van der Waals surface area contributed by atoms with Gasteiger partial charge in [-0.2, -0.15) is 0 Å². The highest BCUT2D eigenvalue weighted by atomic mass is 16.5. The first-order valence-electron chi connectivity index (χ1n) is 6.75. The number of rotatable bonds is 7. The van der Waals surface area contributed by atoms with Gasteiger partial charge in [0.25, 0.3) is 0 Å². The first-order valence-corrected chi connectivity index (χ1v) is 6.75. The molecule has 2 N–H and O–H groups in total. The molecular weight excluding hydrogens is 232 g/mol. The van der Waals surface area contributed by atoms with E-state index in [1.54, 1.807) is 0 Å². The largest absolute Gasteiger partial charge is 0.379 e. The molecule has 0 aliphatic carbocycles. The normalized spacial score (nSPS) is 19.7. The predicted molar refractivity (Wildman–Crippen MR) is 69.1 cm³/mol. The number of unbranched alkanes of at least 4 members (excludes halogenated alkanes) is 1. The van der Waals surface area contributed by atoms with Gasteiger partial charge in [-0.3, -0.25) is 9.59 Å². The zero-order chi connectivity index (χ0) is 13.4. The summed E-state index contributed by atoms with van der Waals surface area (Å²) in [6.45, 7) is 5.93. The Morgan fingerprint density at radius 1 is 1.50 bits per heavy atom. The van der Waals surface area contributed by atoms with E-state index in [4.69, 9.17) is 4.74 Å². The molecule has 0 aromatic heterocycles. The SMILES string of the molecule is CC(C)OCCCCNC(=O)C1CCC(=O)NC1. The van der Waals surface area contributed by atoms with Gasteiger partial charge in [0.2, 0.25) is 11.8 Å². The maximum absolute atomic E-state index is 11.8. The fraction of sp³-hybridized carbons (Fsp3) is 0.846. The molecule has 1 fully saturated rings. The first-order chi connectivity index (χ1) is 8.59. The minimum absolute atomic E-state index is 0.0462. The van der Waals surface area contributed by atoms with E-state index in [0.717, 1.165) is 19.4 Å². The lowest BCUT2D eigenvalue weighted by molar-refractivity contribution is -0.128. The quantitative estimate of drug-likeness (QED) is 0.663. The number of carbonyl (C=O) groups excluding carboxylic acids is 2.